The zero-order chi connectivity index (χ0) is 20.4. The number of aromatic nitrogens is 2. The van der Waals surface area contributed by atoms with Gasteiger partial charge in [-0.15, -0.1) is 0 Å². The van der Waals surface area contributed by atoms with Gasteiger partial charge in [0.25, 0.3) is 0 Å². The lowest BCUT2D eigenvalue weighted by Gasteiger charge is -2.08. The number of esters is 2. The first kappa shape index (κ1) is 18.7. The quantitative estimate of drug-likeness (QED) is 0.620. The van der Waals surface area contributed by atoms with Gasteiger partial charge in [-0.3, -0.25) is 0 Å². The molecule has 2 heterocycles. The highest BCUT2D eigenvalue weighted by atomic mass is 16.6. The van der Waals surface area contributed by atoms with Crippen molar-refractivity contribution >= 4 is 11.9 Å². The molecule has 1 aliphatic heterocycles. The van der Waals surface area contributed by atoms with Gasteiger partial charge >= 0.3 is 11.9 Å². The van der Waals surface area contributed by atoms with E-state index >= 15 is 0 Å². The molecule has 7 nitrogen and oxygen atoms in total. The second-order valence-electron chi connectivity index (χ2n) is 6.75. The molecule has 2 aromatic carbocycles. The molecule has 0 spiro atoms. The van der Waals surface area contributed by atoms with Gasteiger partial charge < -0.3 is 14.2 Å². The zero-order valence-electron chi connectivity index (χ0n) is 16.1. The Labute approximate surface area is 167 Å². The summed E-state index contributed by atoms with van der Waals surface area (Å²) in [6, 6.07) is 15.0. The van der Waals surface area contributed by atoms with Gasteiger partial charge in [0, 0.05) is 18.2 Å². The second kappa shape index (κ2) is 7.79. The van der Waals surface area contributed by atoms with Crippen molar-refractivity contribution in [3.8, 4) is 22.7 Å². The molecule has 4 rings (SSSR count). The van der Waals surface area contributed by atoms with Gasteiger partial charge in [0.05, 0.1) is 19.4 Å². The first-order valence-corrected chi connectivity index (χ1v) is 9.24. The summed E-state index contributed by atoms with van der Waals surface area (Å²) in [4.78, 5) is 24.6. The summed E-state index contributed by atoms with van der Waals surface area (Å²) in [5.41, 5.74) is 3.34. The SMILES string of the molecule is COc1cccc(-c2nn(-c3ccc(C)cc3)cc2C(=O)O[C@@H]2CCOC2=O)c1. The number of ether oxygens (including phenoxy) is 3. The number of carbonyl (C=O) groups is 2. The van der Waals surface area contributed by atoms with Crippen molar-refractivity contribution in [1.29, 1.82) is 0 Å². The molecule has 0 radical (unpaired) electrons. The Kier molecular flexibility index (Phi) is 5.03. The van der Waals surface area contributed by atoms with E-state index in [1.165, 1.54) is 0 Å². The van der Waals surface area contributed by atoms with E-state index in [2.05, 4.69) is 5.10 Å². The topological polar surface area (TPSA) is 79.7 Å². The third kappa shape index (κ3) is 3.85. The van der Waals surface area contributed by atoms with Crippen molar-refractivity contribution in [3.63, 3.8) is 0 Å². The summed E-state index contributed by atoms with van der Waals surface area (Å²) in [7, 11) is 1.57. The first-order chi connectivity index (χ1) is 14.0. The standard InChI is InChI=1S/C22H20N2O5/c1-14-6-8-16(9-7-14)24-13-18(21(25)29-19-10-11-28-22(19)26)20(23-24)15-4-3-5-17(12-15)27-2/h3-9,12-13,19H,10-11H2,1-2H3/t19-/m1/s1. The lowest BCUT2D eigenvalue weighted by Crippen LogP contribution is -2.22. The van der Waals surface area contributed by atoms with E-state index in [1.807, 2.05) is 49.4 Å². The molecule has 0 unspecified atom stereocenters. The maximum absolute atomic E-state index is 12.9. The number of rotatable bonds is 5. The molecule has 0 amide bonds. The van der Waals surface area contributed by atoms with Gasteiger partial charge in [-0.05, 0) is 31.2 Å². The van der Waals surface area contributed by atoms with Crippen LogP contribution in [0.25, 0.3) is 16.9 Å². The number of nitrogens with zero attached hydrogens (tertiary/aromatic N) is 2. The van der Waals surface area contributed by atoms with Crippen molar-refractivity contribution in [2.45, 2.75) is 19.4 Å². The van der Waals surface area contributed by atoms with Gasteiger partial charge in [0.15, 0.2) is 0 Å². The number of cyclic esters (lactones) is 1. The van der Waals surface area contributed by atoms with Crippen molar-refractivity contribution in [3.05, 3.63) is 65.9 Å². The smallest absolute Gasteiger partial charge is 0.347 e. The molecular formula is C22H20N2O5. The zero-order valence-corrected chi connectivity index (χ0v) is 16.1. The van der Waals surface area contributed by atoms with Crippen LogP contribution < -0.4 is 4.74 Å². The largest absolute Gasteiger partial charge is 0.497 e. The van der Waals surface area contributed by atoms with Gasteiger partial charge in [0.2, 0.25) is 6.10 Å². The van der Waals surface area contributed by atoms with Crippen LogP contribution in [-0.4, -0.2) is 41.5 Å². The maximum atomic E-state index is 12.9. The van der Waals surface area contributed by atoms with E-state index in [-0.39, 0.29) is 12.2 Å². The molecule has 1 atom stereocenters. The molecule has 1 saturated heterocycles. The molecule has 7 heteroatoms. The van der Waals surface area contributed by atoms with Gasteiger partial charge in [0.1, 0.15) is 17.0 Å². The average molecular weight is 392 g/mol. The number of aryl methyl sites for hydroxylation is 1. The van der Waals surface area contributed by atoms with Crippen LogP contribution in [0.1, 0.15) is 22.3 Å². The summed E-state index contributed by atoms with van der Waals surface area (Å²) in [5, 5.41) is 4.61. The predicted octanol–water partition coefficient (Wildman–Crippen LogP) is 3.33. The Morgan fingerprint density at radius 3 is 2.69 bits per heavy atom. The van der Waals surface area contributed by atoms with E-state index in [4.69, 9.17) is 14.2 Å². The van der Waals surface area contributed by atoms with Crippen molar-refractivity contribution in [2.24, 2.45) is 0 Å². The molecule has 1 aromatic heterocycles. The van der Waals surface area contributed by atoms with Crippen LogP contribution in [-0.2, 0) is 14.3 Å². The van der Waals surface area contributed by atoms with E-state index in [9.17, 15) is 9.59 Å². The highest BCUT2D eigenvalue weighted by molar-refractivity contribution is 5.97. The summed E-state index contributed by atoms with van der Waals surface area (Å²) < 4.78 is 17.2. The molecule has 3 aromatic rings. The Balaban J connectivity index is 1.75. The highest BCUT2D eigenvalue weighted by Crippen LogP contribution is 2.28. The molecular weight excluding hydrogens is 372 g/mol. The minimum atomic E-state index is -0.886. The normalized spacial score (nSPS) is 15.8. The molecule has 0 aliphatic carbocycles. The summed E-state index contributed by atoms with van der Waals surface area (Å²) in [5.74, 6) is -0.497. The molecule has 1 fully saturated rings. The number of benzene rings is 2. The highest BCUT2D eigenvalue weighted by Gasteiger charge is 2.32. The van der Waals surface area contributed by atoms with Crippen molar-refractivity contribution < 1.29 is 23.8 Å². The van der Waals surface area contributed by atoms with E-state index < -0.39 is 18.0 Å². The van der Waals surface area contributed by atoms with Crippen LogP contribution in [0.2, 0.25) is 0 Å². The predicted molar refractivity (Wildman–Crippen MR) is 105 cm³/mol. The lowest BCUT2D eigenvalue weighted by molar-refractivity contribution is -0.145. The monoisotopic (exact) mass is 392 g/mol. The second-order valence-corrected chi connectivity index (χ2v) is 6.75. The lowest BCUT2D eigenvalue weighted by atomic mass is 10.1. The Hall–Kier alpha value is -3.61. The van der Waals surface area contributed by atoms with E-state index in [0.29, 0.717) is 23.4 Å². The Morgan fingerprint density at radius 1 is 1.21 bits per heavy atom. The fourth-order valence-electron chi connectivity index (χ4n) is 3.11. The molecule has 1 aliphatic rings. The van der Waals surface area contributed by atoms with Crippen LogP contribution >= 0.6 is 0 Å². The number of methoxy groups -OCH3 is 1. The minimum Gasteiger partial charge on any atom is -0.497 e. The van der Waals surface area contributed by atoms with Gasteiger partial charge in [-0.25, -0.2) is 14.3 Å². The maximum Gasteiger partial charge on any atom is 0.347 e. The van der Waals surface area contributed by atoms with E-state index in [0.717, 1.165) is 11.3 Å². The van der Waals surface area contributed by atoms with Crippen LogP contribution in [0, 0.1) is 6.92 Å². The summed E-state index contributed by atoms with van der Waals surface area (Å²) >= 11 is 0. The fraction of sp³-hybridized carbons (Fsp3) is 0.227. The molecule has 148 valence electrons. The number of hydrogen-bond acceptors (Lipinski definition) is 6. The van der Waals surface area contributed by atoms with Crippen LogP contribution in [0.5, 0.6) is 5.75 Å². The Bertz CT molecular complexity index is 1060. The third-order valence-corrected chi connectivity index (χ3v) is 4.71. The Morgan fingerprint density at radius 2 is 2.00 bits per heavy atom. The van der Waals surface area contributed by atoms with Crippen LogP contribution in [0.15, 0.2) is 54.7 Å². The van der Waals surface area contributed by atoms with Crippen molar-refractivity contribution in [2.75, 3.05) is 13.7 Å². The van der Waals surface area contributed by atoms with Gasteiger partial charge in [-0.1, -0.05) is 29.8 Å². The van der Waals surface area contributed by atoms with Crippen LogP contribution in [0.4, 0.5) is 0 Å². The van der Waals surface area contributed by atoms with Crippen LogP contribution in [0.3, 0.4) is 0 Å². The first-order valence-electron chi connectivity index (χ1n) is 9.24. The average Bonchev–Trinajstić information content (AvgIpc) is 3.35. The van der Waals surface area contributed by atoms with Crippen molar-refractivity contribution in [1.82, 2.24) is 9.78 Å². The number of carbonyl (C=O) groups excluding carboxylic acids is 2. The molecule has 0 N–H and O–H groups in total. The third-order valence-electron chi connectivity index (χ3n) is 4.71. The summed E-state index contributed by atoms with van der Waals surface area (Å²) in [6.45, 7) is 2.25. The molecule has 0 bridgehead atoms. The van der Waals surface area contributed by atoms with E-state index in [1.54, 1.807) is 24.1 Å². The fourth-order valence-corrected chi connectivity index (χ4v) is 3.11. The number of hydrogen-bond donors (Lipinski definition) is 0. The molecule has 29 heavy (non-hydrogen) atoms. The molecule has 0 saturated carbocycles. The van der Waals surface area contributed by atoms with Gasteiger partial charge in [-0.2, -0.15) is 5.10 Å². The minimum absolute atomic E-state index is 0.252. The summed E-state index contributed by atoms with van der Waals surface area (Å²) in [6.07, 6.45) is 1.08.